The van der Waals surface area contributed by atoms with Gasteiger partial charge in [0.15, 0.2) is 16.6 Å². The van der Waals surface area contributed by atoms with Crippen molar-refractivity contribution in [3.05, 3.63) is 75.2 Å². The molecule has 0 saturated carbocycles. The van der Waals surface area contributed by atoms with Crippen LogP contribution in [0.1, 0.15) is 18.9 Å². The van der Waals surface area contributed by atoms with E-state index in [9.17, 15) is 18.3 Å². The van der Waals surface area contributed by atoms with Gasteiger partial charge in [-0.1, -0.05) is 53.9 Å². The van der Waals surface area contributed by atoms with Crippen LogP contribution < -0.4 is 15.4 Å². The van der Waals surface area contributed by atoms with Crippen LogP contribution in [-0.4, -0.2) is 31.4 Å². The van der Waals surface area contributed by atoms with Crippen molar-refractivity contribution in [1.82, 2.24) is 0 Å². The molecule has 0 aliphatic heterocycles. The number of rotatable bonds is 9. The summed E-state index contributed by atoms with van der Waals surface area (Å²) >= 11 is 18.2. The standard InChI is InChI=1S/C24H23Cl3N2O5S/c1-3-23(35(32,33)18-6-4-5-14(2)7-18)24(31)29-20-12-22(30)21(11-19(20)27)28-13-34-17-9-15(25)8-16(26)10-17/h4-12,23,28,30H,3,13H2,1-2H3,(H,29,31). The number of carbonyl (C=O) groups is 1. The number of carbonyl (C=O) groups excluding carboxylic acids is 1. The predicted octanol–water partition coefficient (Wildman–Crippen LogP) is 6.30. The summed E-state index contributed by atoms with van der Waals surface area (Å²) in [5.74, 6) is -0.561. The number of ether oxygens (including phenoxy) is 1. The number of benzene rings is 3. The van der Waals surface area contributed by atoms with Crippen molar-refractivity contribution in [1.29, 1.82) is 0 Å². The SMILES string of the molecule is CCC(C(=O)Nc1cc(O)c(NCOc2cc(Cl)cc(Cl)c2)cc1Cl)S(=O)(=O)c1cccc(C)c1. The number of sulfone groups is 1. The molecule has 0 saturated heterocycles. The van der Waals surface area contributed by atoms with Gasteiger partial charge in [0.2, 0.25) is 5.91 Å². The molecule has 3 rings (SSSR count). The number of aryl methyl sites for hydroxylation is 1. The second-order valence-electron chi connectivity index (χ2n) is 7.67. The van der Waals surface area contributed by atoms with Crippen LogP contribution in [0.5, 0.6) is 11.5 Å². The number of amides is 1. The Morgan fingerprint density at radius 3 is 2.34 bits per heavy atom. The van der Waals surface area contributed by atoms with Crippen molar-refractivity contribution >= 4 is 61.9 Å². The van der Waals surface area contributed by atoms with Crippen molar-refractivity contribution < 1.29 is 23.1 Å². The molecule has 0 aromatic heterocycles. The molecule has 0 spiro atoms. The maximum absolute atomic E-state index is 13.0. The lowest BCUT2D eigenvalue weighted by molar-refractivity contribution is -0.115. The minimum Gasteiger partial charge on any atom is -0.506 e. The van der Waals surface area contributed by atoms with Gasteiger partial charge in [-0.3, -0.25) is 4.79 Å². The summed E-state index contributed by atoms with van der Waals surface area (Å²) in [6.07, 6.45) is 0.0518. The van der Waals surface area contributed by atoms with Gasteiger partial charge in [0.1, 0.15) is 16.7 Å². The Bertz CT molecular complexity index is 1330. The van der Waals surface area contributed by atoms with Crippen molar-refractivity contribution in [3.63, 3.8) is 0 Å². The van der Waals surface area contributed by atoms with E-state index in [4.69, 9.17) is 39.5 Å². The highest BCUT2D eigenvalue weighted by atomic mass is 35.5. The van der Waals surface area contributed by atoms with Gasteiger partial charge in [0.25, 0.3) is 0 Å². The average Bonchev–Trinajstić information content (AvgIpc) is 2.76. The fraction of sp³-hybridized carbons (Fsp3) is 0.208. The van der Waals surface area contributed by atoms with E-state index in [2.05, 4.69) is 10.6 Å². The minimum absolute atomic E-state index is 0.0427. The van der Waals surface area contributed by atoms with E-state index in [1.54, 1.807) is 44.2 Å². The first kappa shape index (κ1) is 26.9. The molecule has 0 radical (unpaired) electrons. The quantitative estimate of drug-likeness (QED) is 0.211. The third kappa shape index (κ3) is 6.73. The zero-order valence-corrected chi connectivity index (χ0v) is 21.9. The lowest BCUT2D eigenvalue weighted by Gasteiger charge is -2.18. The molecule has 0 heterocycles. The summed E-state index contributed by atoms with van der Waals surface area (Å²) in [5.41, 5.74) is 1.07. The van der Waals surface area contributed by atoms with E-state index >= 15 is 0 Å². The Kier molecular flexibility index (Phi) is 8.77. The molecule has 3 aromatic carbocycles. The number of aromatic hydroxyl groups is 1. The van der Waals surface area contributed by atoms with Gasteiger partial charge in [-0.15, -0.1) is 0 Å². The van der Waals surface area contributed by atoms with Gasteiger partial charge in [0, 0.05) is 16.1 Å². The highest BCUT2D eigenvalue weighted by Crippen LogP contribution is 2.34. The summed E-state index contributed by atoms with van der Waals surface area (Å²) < 4.78 is 31.6. The lowest BCUT2D eigenvalue weighted by atomic mass is 10.2. The Balaban J connectivity index is 1.72. The Morgan fingerprint density at radius 2 is 1.71 bits per heavy atom. The van der Waals surface area contributed by atoms with Gasteiger partial charge in [-0.2, -0.15) is 0 Å². The van der Waals surface area contributed by atoms with Crippen LogP contribution in [0.3, 0.4) is 0 Å². The van der Waals surface area contributed by atoms with Crippen LogP contribution in [0, 0.1) is 6.92 Å². The van der Waals surface area contributed by atoms with Gasteiger partial charge in [-0.05, 0) is 55.3 Å². The molecule has 0 fully saturated rings. The highest BCUT2D eigenvalue weighted by molar-refractivity contribution is 7.92. The van der Waals surface area contributed by atoms with Crippen LogP contribution in [0.2, 0.25) is 15.1 Å². The van der Waals surface area contributed by atoms with E-state index < -0.39 is 21.0 Å². The van der Waals surface area contributed by atoms with Crippen LogP contribution in [0.15, 0.2) is 59.5 Å². The molecule has 1 amide bonds. The molecule has 3 N–H and O–H groups in total. The van der Waals surface area contributed by atoms with Crippen molar-refractivity contribution in [3.8, 4) is 11.5 Å². The fourth-order valence-corrected chi connectivity index (χ4v) is 5.77. The van der Waals surface area contributed by atoms with Crippen LogP contribution in [0.25, 0.3) is 0 Å². The maximum atomic E-state index is 13.0. The summed E-state index contributed by atoms with van der Waals surface area (Å²) in [6, 6.07) is 13.7. The average molecular weight is 558 g/mol. The first-order valence-electron chi connectivity index (χ1n) is 10.5. The number of hydrogen-bond donors (Lipinski definition) is 3. The molecule has 0 aliphatic carbocycles. The van der Waals surface area contributed by atoms with Crippen LogP contribution in [-0.2, 0) is 14.6 Å². The minimum atomic E-state index is -3.93. The second kappa shape index (κ2) is 11.4. The number of anilines is 2. The number of phenols is 1. The third-order valence-electron chi connectivity index (χ3n) is 5.04. The highest BCUT2D eigenvalue weighted by Gasteiger charge is 2.33. The maximum Gasteiger partial charge on any atom is 0.243 e. The molecule has 1 unspecified atom stereocenters. The second-order valence-corrected chi connectivity index (χ2v) is 11.1. The Labute approximate surface area is 218 Å². The summed E-state index contributed by atoms with van der Waals surface area (Å²) in [7, 11) is -3.93. The topological polar surface area (TPSA) is 105 Å². The van der Waals surface area contributed by atoms with Crippen LogP contribution >= 0.6 is 34.8 Å². The molecule has 3 aromatic rings. The summed E-state index contributed by atoms with van der Waals surface area (Å²) in [6.45, 7) is 3.34. The molecular formula is C24H23Cl3N2O5S. The van der Waals surface area contributed by atoms with E-state index in [0.717, 1.165) is 5.56 Å². The van der Waals surface area contributed by atoms with E-state index in [0.29, 0.717) is 15.8 Å². The van der Waals surface area contributed by atoms with Crippen LogP contribution in [0.4, 0.5) is 11.4 Å². The zero-order valence-electron chi connectivity index (χ0n) is 18.8. The van der Waals surface area contributed by atoms with Crippen molar-refractivity contribution in [2.45, 2.75) is 30.4 Å². The zero-order chi connectivity index (χ0) is 25.8. The number of phenolic OH excluding ortho intramolecular Hbond substituents is 1. The Hall–Kier alpha value is -2.65. The first-order chi connectivity index (χ1) is 16.5. The fourth-order valence-electron chi connectivity index (χ4n) is 3.32. The number of hydrogen-bond acceptors (Lipinski definition) is 6. The van der Waals surface area contributed by atoms with Gasteiger partial charge in [-0.25, -0.2) is 8.42 Å². The molecule has 0 bridgehead atoms. The predicted molar refractivity (Wildman–Crippen MR) is 140 cm³/mol. The van der Waals surface area contributed by atoms with Gasteiger partial charge in [0.05, 0.1) is 21.3 Å². The molecular weight excluding hydrogens is 535 g/mol. The summed E-state index contributed by atoms with van der Waals surface area (Å²) in [4.78, 5) is 13.0. The van der Waals surface area contributed by atoms with E-state index in [1.165, 1.54) is 24.3 Å². The molecule has 35 heavy (non-hydrogen) atoms. The van der Waals surface area contributed by atoms with Crippen molar-refractivity contribution in [2.75, 3.05) is 17.4 Å². The van der Waals surface area contributed by atoms with Gasteiger partial charge < -0.3 is 20.5 Å². The number of halogens is 3. The van der Waals surface area contributed by atoms with Crippen molar-refractivity contribution in [2.24, 2.45) is 0 Å². The monoisotopic (exact) mass is 556 g/mol. The molecule has 186 valence electrons. The third-order valence-corrected chi connectivity index (χ3v) is 7.99. The molecule has 0 aliphatic rings. The summed E-state index contributed by atoms with van der Waals surface area (Å²) in [5, 5.41) is 15.3. The lowest BCUT2D eigenvalue weighted by Crippen LogP contribution is -2.34. The molecule has 7 nitrogen and oxygen atoms in total. The number of nitrogens with one attached hydrogen (secondary N) is 2. The molecule has 1 atom stereocenters. The smallest absolute Gasteiger partial charge is 0.243 e. The Morgan fingerprint density at radius 1 is 1.03 bits per heavy atom. The van der Waals surface area contributed by atoms with E-state index in [1.807, 2.05) is 0 Å². The van der Waals surface area contributed by atoms with Gasteiger partial charge >= 0.3 is 0 Å². The molecule has 11 heteroatoms. The largest absolute Gasteiger partial charge is 0.506 e. The normalized spacial score (nSPS) is 12.1. The van der Waals surface area contributed by atoms with E-state index in [-0.39, 0.29) is 40.2 Å². The first-order valence-corrected chi connectivity index (χ1v) is 13.2.